The Morgan fingerprint density at radius 2 is 2.00 bits per heavy atom. The Kier molecular flexibility index (Phi) is 4.92. The quantitative estimate of drug-likeness (QED) is 0.649. The first kappa shape index (κ1) is 10.3. The van der Waals surface area contributed by atoms with Gasteiger partial charge in [0.05, 0.1) is 0 Å². The Morgan fingerprint density at radius 3 is 2.58 bits per heavy atom. The average molecular weight is 185 g/mol. The maximum Gasteiger partial charge on any atom is 0.106 e. The fraction of sp³-hybridized carbons (Fsp3) is 1.00. The minimum Gasteiger partial charge on any atom is -0.340 e. The number of hydrogen-bond donors (Lipinski definition) is 1. The molecule has 0 amide bonds. The second-order valence-electron chi connectivity index (χ2n) is 4.24. The molecule has 1 atom stereocenters. The smallest absolute Gasteiger partial charge is 0.106 e. The second-order valence-corrected chi connectivity index (χ2v) is 6.92. The van der Waals surface area contributed by atoms with Crippen LogP contribution in [0.5, 0.6) is 0 Å². The van der Waals surface area contributed by atoms with Gasteiger partial charge in [-0.25, -0.2) is 0 Å². The molecule has 0 spiro atoms. The molecule has 2 heteroatoms. The highest BCUT2D eigenvalue weighted by Gasteiger charge is 2.17. The van der Waals surface area contributed by atoms with Gasteiger partial charge >= 0.3 is 0 Å². The van der Waals surface area contributed by atoms with Crippen LogP contribution in [0.3, 0.4) is 0 Å². The lowest BCUT2D eigenvalue weighted by Crippen LogP contribution is -2.32. The van der Waals surface area contributed by atoms with Crippen molar-refractivity contribution in [3.63, 3.8) is 0 Å². The van der Waals surface area contributed by atoms with Gasteiger partial charge in [-0.3, -0.25) is 0 Å². The van der Waals surface area contributed by atoms with E-state index in [0.717, 1.165) is 5.92 Å². The van der Waals surface area contributed by atoms with Gasteiger partial charge in [0.1, 0.15) is 8.96 Å². The molecule has 72 valence electrons. The normalized spacial score (nSPS) is 21.5. The summed E-state index contributed by atoms with van der Waals surface area (Å²) < 4.78 is 0. The summed E-state index contributed by atoms with van der Waals surface area (Å²) in [5.41, 5.74) is 0. The SMILES string of the molecule is CCCN[SiH](C)CC1CCCC1. The molecule has 1 N–H and O–H groups in total. The molecular weight excluding hydrogens is 162 g/mol. The highest BCUT2D eigenvalue weighted by atomic mass is 28.3. The zero-order valence-electron chi connectivity index (χ0n) is 8.60. The van der Waals surface area contributed by atoms with Crippen molar-refractivity contribution in [2.75, 3.05) is 6.54 Å². The molecule has 12 heavy (non-hydrogen) atoms. The van der Waals surface area contributed by atoms with Crippen molar-refractivity contribution in [3.8, 4) is 0 Å². The summed E-state index contributed by atoms with van der Waals surface area (Å²) in [6.45, 7) is 5.97. The van der Waals surface area contributed by atoms with E-state index < -0.39 is 8.96 Å². The molecule has 0 aliphatic heterocycles. The van der Waals surface area contributed by atoms with Gasteiger partial charge in [-0.1, -0.05) is 39.2 Å². The topological polar surface area (TPSA) is 12.0 Å². The molecule has 0 aromatic carbocycles. The molecular formula is C10H23NSi. The Labute approximate surface area is 78.6 Å². The van der Waals surface area contributed by atoms with Crippen molar-refractivity contribution in [2.45, 2.75) is 51.6 Å². The maximum absolute atomic E-state index is 3.70. The molecule has 0 saturated heterocycles. The molecule has 1 rings (SSSR count). The lowest BCUT2D eigenvalue weighted by molar-refractivity contribution is 0.600. The molecule has 0 radical (unpaired) electrons. The van der Waals surface area contributed by atoms with Gasteiger partial charge in [0.15, 0.2) is 0 Å². The first-order chi connectivity index (χ1) is 5.83. The van der Waals surface area contributed by atoms with Gasteiger partial charge < -0.3 is 4.98 Å². The van der Waals surface area contributed by atoms with Crippen molar-refractivity contribution in [3.05, 3.63) is 0 Å². The molecule has 1 nitrogen and oxygen atoms in total. The summed E-state index contributed by atoms with van der Waals surface area (Å²) in [6.07, 6.45) is 7.33. The third kappa shape index (κ3) is 3.72. The molecule has 0 heterocycles. The first-order valence-corrected chi connectivity index (χ1v) is 8.11. The van der Waals surface area contributed by atoms with Crippen LogP contribution in [0.2, 0.25) is 12.6 Å². The zero-order valence-corrected chi connectivity index (χ0v) is 9.76. The van der Waals surface area contributed by atoms with E-state index in [1.807, 2.05) is 0 Å². The average Bonchev–Trinajstić information content (AvgIpc) is 2.53. The molecule has 1 unspecified atom stereocenters. The van der Waals surface area contributed by atoms with E-state index in [1.54, 1.807) is 6.04 Å². The fourth-order valence-electron chi connectivity index (χ4n) is 2.22. The Hall–Kier alpha value is 0.177. The predicted octanol–water partition coefficient (Wildman–Crippen LogP) is 2.53. The summed E-state index contributed by atoms with van der Waals surface area (Å²) in [4.78, 5) is 3.70. The van der Waals surface area contributed by atoms with Gasteiger partial charge in [-0.2, -0.15) is 0 Å². The fourth-order valence-corrected chi connectivity index (χ4v) is 4.64. The van der Waals surface area contributed by atoms with Gasteiger partial charge in [0.25, 0.3) is 0 Å². The molecule has 1 aliphatic rings. The van der Waals surface area contributed by atoms with Crippen molar-refractivity contribution in [1.29, 1.82) is 0 Å². The van der Waals surface area contributed by atoms with E-state index in [4.69, 9.17) is 0 Å². The summed E-state index contributed by atoms with van der Waals surface area (Å²) >= 11 is 0. The van der Waals surface area contributed by atoms with Crippen LogP contribution in [-0.4, -0.2) is 15.5 Å². The van der Waals surface area contributed by atoms with Crippen LogP contribution in [0.25, 0.3) is 0 Å². The summed E-state index contributed by atoms with van der Waals surface area (Å²) in [5.74, 6) is 1.09. The van der Waals surface area contributed by atoms with Crippen molar-refractivity contribution in [1.82, 2.24) is 4.98 Å². The molecule has 0 bridgehead atoms. The maximum atomic E-state index is 3.70. The van der Waals surface area contributed by atoms with Crippen LogP contribution < -0.4 is 4.98 Å². The van der Waals surface area contributed by atoms with E-state index >= 15 is 0 Å². The third-order valence-electron chi connectivity index (χ3n) is 2.90. The standard InChI is InChI=1S/C10H23NSi/c1-3-8-11-12(2)9-10-6-4-5-7-10/h10-12H,3-9H2,1-2H3. The van der Waals surface area contributed by atoms with E-state index in [0.29, 0.717) is 0 Å². The van der Waals surface area contributed by atoms with Gasteiger partial charge in [-0.15, -0.1) is 0 Å². The molecule has 1 fully saturated rings. The van der Waals surface area contributed by atoms with Gasteiger partial charge in [-0.05, 0) is 24.9 Å². The van der Waals surface area contributed by atoms with E-state index in [2.05, 4.69) is 18.5 Å². The molecule has 1 saturated carbocycles. The van der Waals surface area contributed by atoms with Gasteiger partial charge in [0, 0.05) is 0 Å². The van der Waals surface area contributed by atoms with E-state index in [-0.39, 0.29) is 0 Å². The van der Waals surface area contributed by atoms with Crippen LogP contribution in [0.1, 0.15) is 39.0 Å². The van der Waals surface area contributed by atoms with Crippen LogP contribution in [-0.2, 0) is 0 Å². The van der Waals surface area contributed by atoms with Crippen LogP contribution in [0, 0.1) is 5.92 Å². The molecule has 1 aliphatic carbocycles. The van der Waals surface area contributed by atoms with Crippen molar-refractivity contribution in [2.24, 2.45) is 5.92 Å². The van der Waals surface area contributed by atoms with Gasteiger partial charge in [0.2, 0.25) is 0 Å². The van der Waals surface area contributed by atoms with Crippen LogP contribution in [0.4, 0.5) is 0 Å². The third-order valence-corrected chi connectivity index (χ3v) is 5.26. The summed E-state index contributed by atoms with van der Waals surface area (Å²) in [6, 6.07) is 1.54. The summed E-state index contributed by atoms with van der Waals surface area (Å²) in [5, 5.41) is 0. The minimum atomic E-state index is -0.523. The number of hydrogen-bond acceptors (Lipinski definition) is 1. The minimum absolute atomic E-state index is 0.523. The summed E-state index contributed by atoms with van der Waals surface area (Å²) in [7, 11) is -0.523. The molecule has 0 aromatic rings. The van der Waals surface area contributed by atoms with E-state index in [1.165, 1.54) is 38.6 Å². The lowest BCUT2D eigenvalue weighted by atomic mass is 10.1. The highest BCUT2D eigenvalue weighted by molar-refractivity contribution is 6.54. The monoisotopic (exact) mass is 185 g/mol. The molecule has 0 aromatic heterocycles. The van der Waals surface area contributed by atoms with Crippen LogP contribution >= 0.6 is 0 Å². The van der Waals surface area contributed by atoms with Crippen molar-refractivity contribution >= 4 is 8.96 Å². The largest absolute Gasteiger partial charge is 0.340 e. The zero-order chi connectivity index (χ0) is 8.81. The number of rotatable bonds is 5. The Bertz CT molecular complexity index is 110. The second kappa shape index (κ2) is 5.76. The first-order valence-electron chi connectivity index (χ1n) is 5.56. The van der Waals surface area contributed by atoms with E-state index in [9.17, 15) is 0 Å². The highest BCUT2D eigenvalue weighted by Crippen LogP contribution is 2.28. The number of nitrogens with one attached hydrogen (secondary N) is 1. The van der Waals surface area contributed by atoms with Crippen LogP contribution in [0.15, 0.2) is 0 Å². The Balaban J connectivity index is 2.03. The lowest BCUT2D eigenvalue weighted by Gasteiger charge is -2.15. The predicted molar refractivity (Wildman–Crippen MR) is 58.1 cm³/mol. The Morgan fingerprint density at radius 1 is 1.33 bits per heavy atom. The van der Waals surface area contributed by atoms with Crippen molar-refractivity contribution < 1.29 is 0 Å².